The van der Waals surface area contributed by atoms with E-state index >= 15 is 0 Å². The minimum atomic E-state index is 0.0340. The highest BCUT2D eigenvalue weighted by Gasteiger charge is 2.27. The number of nitrogens with one attached hydrogen (secondary N) is 1. The Morgan fingerprint density at radius 1 is 1.14 bits per heavy atom. The van der Waals surface area contributed by atoms with E-state index in [1.807, 2.05) is 36.1 Å². The maximum absolute atomic E-state index is 12.3. The molecule has 114 valence electrons. The van der Waals surface area contributed by atoms with Gasteiger partial charge in [0.25, 0.3) is 0 Å². The Kier molecular flexibility index (Phi) is 4.44. The van der Waals surface area contributed by atoms with Crippen LogP contribution < -0.4 is 5.32 Å². The highest BCUT2D eigenvalue weighted by Crippen LogP contribution is 2.24. The largest absolute Gasteiger partial charge is 0.322 e. The maximum atomic E-state index is 12.3. The molecule has 2 amide bonds. The minimum absolute atomic E-state index is 0.0340. The number of anilines is 1. The molecule has 4 heteroatoms. The molecule has 21 heavy (non-hydrogen) atoms. The first-order chi connectivity index (χ1) is 10.2. The minimum Gasteiger partial charge on any atom is -0.322 e. The van der Waals surface area contributed by atoms with Crippen molar-refractivity contribution in [3.63, 3.8) is 0 Å². The smallest absolute Gasteiger partial charge is 0.321 e. The Balaban J connectivity index is 1.50. The van der Waals surface area contributed by atoms with Gasteiger partial charge >= 0.3 is 6.03 Å². The van der Waals surface area contributed by atoms with Crippen molar-refractivity contribution < 1.29 is 4.79 Å². The highest BCUT2D eigenvalue weighted by atomic mass is 16.2. The van der Waals surface area contributed by atoms with Crippen LogP contribution in [0.5, 0.6) is 0 Å². The highest BCUT2D eigenvalue weighted by molar-refractivity contribution is 5.89. The average molecular weight is 287 g/mol. The standard InChI is InChI=1S/C17H25N3O/c1-14-5-4-6-15(13-14)18-17(21)20-11-9-19(10-12-20)16-7-2-3-8-16/h4-6,13,16H,2-3,7-12H2,1H3,(H,18,21). The lowest BCUT2D eigenvalue weighted by Gasteiger charge is -2.38. The van der Waals surface area contributed by atoms with Gasteiger partial charge < -0.3 is 10.2 Å². The molecule has 1 N–H and O–H groups in total. The lowest BCUT2D eigenvalue weighted by molar-refractivity contribution is 0.115. The molecule has 1 aliphatic heterocycles. The van der Waals surface area contributed by atoms with E-state index < -0.39 is 0 Å². The van der Waals surface area contributed by atoms with Crippen molar-refractivity contribution >= 4 is 11.7 Å². The Morgan fingerprint density at radius 2 is 1.86 bits per heavy atom. The molecule has 4 nitrogen and oxygen atoms in total. The fourth-order valence-electron chi connectivity index (χ4n) is 3.48. The molecular weight excluding hydrogens is 262 g/mol. The van der Waals surface area contributed by atoms with Crippen LogP contribution in [0.3, 0.4) is 0 Å². The summed E-state index contributed by atoms with van der Waals surface area (Å²) in [5.41, 5.74) is 2.05. The number of hydrogen-bond acceptors (Lipinski definition) is 2. The molecule has 1 heterocycles. The summed E-state index contributed by atoms with van der Waals surface area (Å²) in [5, 5.41) is 3.01. The van der Waals surface area contributed by atoms with Gasteiger partial charge in [-0.05, 0) is 37.5 Å². The van der Waals surface area contributed by atoms with Gasteiger partial charge in [-0.25, -0.2) is 4.79 Å². The molecule has 1 aliphatic carbocycles. The lowest BCUT2D eigenvalue weighted by atomic mass is 10.2. The second kappa shape index (κ2) is 6.48. The van der Waals surface area contributed by atoms with Crippen molar-refractivity contribution in [3.8, 4) is 0 Å². The summed E-state index contributed by atoms with van der Waals surface area (Å²) in [7, 11) is 0. The van der Waals surface area contributed by atoms with Crippen molar-refractivity contribution in [2.45, 2.75) is 38.6 Å². The Morgan fingerprint density at radius 3 is 2.52 bits per heavy atom. The SMILES string of the molecule is Cc1cccc(NC(=O)N2CCN(C3CCCC3)CC2)c1. The van der Waals surface area contributed by atoms with Gasteiger partial charge in [0.05, 0.1) is 0 Å². The maximum Gasteiger partial charge on any atom is 0.321 e. The Bertz CT molecular complexity index is 489. The van der Waals surface area contributed by atoms with E-state index in [9.17, 15) is 4.79 Å². The van der Waals surface area contributed by atoms with Crippen LogP contribution >= 0.6 is 0 Å². The first kappa shape index (κ1) is 14.4. The van der Waals surface area contributed by atoms with Crippen LogP contribution in [0.1, 0.15) is 31.2 Å². The molecule has 2 aliphatic rings. The number of benzene rings is 1. The van der Waals surface area contributed by atoms with E-state index in [-0.39, 0.29) is 6.03 Å². The molecule has 0 unspecified atom stereocenters. The topological polar surface area (TPSA) is 35.6 Å². The number of aryl methyl sites for hydroxylation is 1. The van der Waals surface area contributed by atoms with Gasteiger partial charge in [0.15, 0.2) is 0 Å². The van der Waals surface area contributed by atoms with E-state index in [4.69, 9.17) is 0 Å². The van der Waals surface area contributed by atoms with Gasteiger partial charge in [-0.2, -0.15) is 0 Å². The van der Waals surface area contributed by atoms with Crippen LogP contribution in [0, 0.1) is 6.92 Å². The molecule has 0 bridgehead atoms. The van der Waals surface area contributed by atoms with Crippen LogP contribution in [0.15, 0.2) is 24.3 Å². The third-order valence-electron chi connectivity index (χ3n) is 4.71. The Hall–Kier alpha value is -1.55. The fraction of sp³-hybridized carbons (Fsp3) is 0.588. The number of urea groups is 1. The predicted octanol–water partition coefficient (Wildman–Crippen LogP) is 3.09. The van der Waals surface area contributed by atoms with Gasteiger partial charge in [-0.1, -0.05) is 25.0 Å². The molecule has 3 rings (SSSR count). The van der Waals surface area contributed by atoms with Crippen LogP contribution in [-0.2, 0) is 0 Å². The van der Waals surface area contributed by atoms with Crippen LogP contribution in [-0.4, -0.2) is 48.1 Å². The lowest BCUT2D eigenvalue weighted by Crippen LogP contribution is -2.52. The van der Waals surface area contributed by atoms with Gasteiger partial charge in [0.2, 0.25) is 0 Å². The van der Waals surface area contributed by atoms with Crippen molar-refractivity contribution in [2.75, 3.05) is 31.5 Å². The van der Waals surface area contributed by atoms with E-state index in [1.54, 1.807) is 0 Å². The summed E-state index contributed by atoms with van der Waals surface area (Å²) < 4.78 is 0. The molecule has 0 aromatic heterocycles. The van der Waals surface area contributed by atoms with Gasteiger partial charge in [0.1, 0.15) is 0 Å². The fourth-order valence-corrected chi connectivity index (χ4v) is 3.48. The van der Waals surface area contributed by atoms with E-state index in [0.29, 0.717) is 0 Å². The number of carbonyl (C=O) groups is 1. The number of carbonyl (C=O) groups excluding carboxylic acids is 1. The van der Waals surface area contributed by atoms with Crippen LogP contribution in [0.2, 0.25) is 0 Å². The number of hydrogen-bond donors (Lipinski definition) is 1. The first-order valence-corrected chi connectivity index (χ1v) is 8.09. The first-order valence-electron chi connectivity index (χ1n) is 8.09. The predicted molar refractivity (Wildman–Crippen MR) is 85.6 cm³/mol. The van der Waals surface area contributed by atoms with Crippen molar-refractivity contribution in [2.24, 2.45) is 0 Å². The quantitative estimate of drug-likeness (QED) is 0.907. The summed E-state index contributed by atoms with van der Waals surface area (Å²) in [6.07, 6.45) is 5.43. The number of piperazine rings is 1. The van der Waals surface area contributed by atoms with Crippen molar-refractivity contribution in [1.82, 2.24) is 9.80 Å². The third-order valence-corrected chi connectivity index (χ3v) is 4.71. The van der Waals surface area contributed by atoms with Crippen molar-refractivity contribution in [1.29, 1.82) is 0 Å². The molecule has 1 saturated carbocycles. The van der Waals surface area contributed by atoms with Gasteiger partial charge in [0, 0.05) is 37.9 Å². The van der Waals surface area contributed by atoms with Crippen LogP contribution in [0.4, 0.5) is 10.5 Å². The number of nitrogens with zero attached hydrogens (tertiary/aromatic N) is 2. The molecule has 0 atom stereocenters. The summed E-state index contributed by atoms with van der Waals surface area (Å²) >= 11 is 0. The van der Waals surface area contributed by atoms with Crippen LogP contribution in [0.25, 0.3) is 0 Å². The van der Waals surface area contributed by atoms with E-state index in [0.717, 1.165) is 37.9 Å². The molecule has 0 spiro atoms. The number of amides is 2. The molecule has 0 radical (unpaired) electrons. The zero-order valence-electron chi connectivity index (χ0n) is 12.8. The molecule has 2 fully saturated rings. The second-order valence-corrected chi connectivity index (χ2v) is 6.26. The average Bonchev–Trinajstić information content (AvgIpc) is 3.01. The molecule has 1 aromatic rings. The molecular formula is C17H25N3O. The third kappa shape index (κ3) is 3.56. The van der Waals surface area contributed by atoms with Gasteiger partial charge in [-0.15, -0.1) is 0 Å². The zero-order valence-corrected chi connectivity index (χ0v) is 12.8. The summed E-state index contributed by atoms with van der Waals surface area (Å²) in [6.45, 7) is 5.76. The van der Waals surface area contributed by atoms with E-state index in [2.05, 4.69) is 10.2 Å². The molecule has 1 aromatic carbocycles. The second-order valence-electron chi connectivity index (χ2n) is 6.26. The summed E-state index contributed by atoms with van der Waals surface area (Å²) in [6, 6.07) is 8.77. The normalized spacial score (nSPS) is 20.7. The monoisotopic (exact) mass is 287 g/mol. The van der Waals surface area contributed by atoms with E-state index in [1.165, 1.54) is 31.2 Å². The number of rotatable bonds is 2. The zero-order chi connectivity index (χ0) is 14.7. The summed E-state index contributed by atoms with van der Waals surface area (Å²) in [4.78, 5) is 16.8. The molecule has 1 saturated heterocycles. The van der Waals surface area contributed by atoms with Gasteiger partial charge in [-0.3, -0.25) is 4.90 Å². The van der Waals surface area contributed by atoms with Crippen molar-refractivity contribution in [3.05, 3.63) is 29.8 Å². The Labute approximate surface area is 127 Å². The summed E-state index contributed by atoms with van der Waals surface area (Å²) in [5.74, 6) is 0.